The summed E-state index contributed by atoms with van der Waals surface area (Å²) in [6.07, 6.45) is 4.27. The van der Waals surface area contributed by atoms with Crippen LogP contribution in [-0.4, -0.2) is 22.6 Å². The van der Waals surface area contributed by atoms with E-state index in [1.807, 2.05) is 6.92 Å². The standard InChI is InChI=1S/C14H22FN3O/c1-4-16-14-17-8-12(15)13(18-14)19-11-6-5-9(2)10(3)7-11/h8-11H,4-7H2,1-3H3,(H,16,17,18). The van der Waals surface area contributed by atoms with E-state index in [1.165, 1.54) is 0 Å². The fourth-order valence-corrected chi connectivity index (χ4v) is 2.44. The highest BCUT2D eigenvalue weighted by molar-refractivity contribution is 5.28. The molecule has 0 aliphatic heterocycles. The largest absolute Gasteiger partial charge is 0.472 e. The van der Waals surface area contributed by atoms with Crippen molar-refractivity contribution in [1.29, 1.82) is 0 Å². The molecular formula is C14H22FN3O. The Morgan fingerprint density at radius 3 is 2.84 bits per heavy atom. The first kappa shape index (κ1) is 14.0. The van der Waals surface area contributed by atoms with Crippen molar-refractivity contribution < 1.29 is 9.13 Å². The van der Waals surface area contributed by atoms with Crippen molar-refractivity contribution in [1.82, 2.24) is 9.97 Å². The molecule has 1 saturated carbocycles. The Kier molecular flexibility index (Phi) is 4.56. The lowest BCUT2D eigenvalue weighted by Gasteiger charge is -2.31. The summed E-state index contributed by atoms with van der Waals surface area (Å²) in [5.74, 6) is 1.31. The quantitative estimate of drug-likeness (QED) is 0.909. The van der Waals surface area contributed by atoms with Gasteiger partial charge in [0.15, 0.2) is 0 Å². The monoisotopic (exact) mass is 267 g/mol. The van der Waals surface area contributed by atoms with Gasteiger partial charge in [-0.25, -0.2) is 4.98 Å². The molecule has 2 rings (SSSR count). The van der Waals surface area contributed by atoms with E-state index in [9.17, 15) is 4.39 Å². The van der Waals surface area contributed by atoms with Crippen molar-refractivity contribution in [2.24, 2.45) is 11.8 Å². The zero-order valence-corrected chi connectivity index (χ0v) is 11.8. The Labute approximate surface area is 113 Å². The highest BCUT2D eigenvalue weighted by atomic mass is 19.1. The summed E-state index contributed by atoms with van der Waals surface area (Å²) < 4.78 is 19.4. The molecule has 3 atom stereocenters. The van der Waals surface area contributed by atoms with Crippen LogP contribution in [0.4, 0.5) is 10.3 Å². The zero-order valence-electron chi connectivity index (χ0n) is 11.8. The molecule has 1 aromatic rings. The number of halogens is 1. The van der Waals surface area contributed by atoms with Crippen LogP contribution in [0.2, 0.25) is 0 Å². The van der Waals surface area contributed by atoms with Crippen LogP contribution in [0.5, 0.6) is 5.88 Å². The first-order valence-electron chi connectivity index (χ1n) is 7.03. The highest BCUT2D eigenvalue weighted by Crippen LogP contribution is 2.32. The van der Waals surface area contributed by atoms with Crippen molar-refractivity contribution in [3.05, 3.63) is 12.0 Å². The van der Waals surface area contributed by atoms with Gasteiger partial charge in [-0.1, -0.05) is 13.8 Å². The van der Waals surface area contributed by atoms with Gasteiger partial charge in [0.1, 0.15) is 6.10 Å². The number of hydrogen-bond acceptors (Lipinski definition) is 4. The maximum atomic E-state index is 13.7. The van der Waals surface area contributed by atoms with Crippen molar-refractivity contribution >= 4 is 5.95 Å². The van der Waals surface area contributed by atoms with Crippen LogP contribution in [0.25, 0.3) is 0 Å². The van der Waals surface area contributed by atoms with Crippen molar-refractivity contribution in [3.8, 4) is 5.88 Å². The van der Waals surface area contributed by atoms with Gasteiger partial charge >= 0.3 is 0 Å². The Morgan fingerprint density at radius 2 is 2.16 bits per heavy atom. The molecule has 19 heavy (non-hydrogen) atoms. The van der Waals surface area contributed by atoms with E-state index in [2.05, 4.69) is 29.1 Å². The summed E-state index contributed by atoms with van der Waals surface area (Å²) >= 11 is 0. The van der Waals surface area contributed by atoms with E-state index in [-0.39, 0.29) is 12.0 Å². The molecule has 0 spiro atoms. The number of aromatic nitrogens is 2. The van der Waals surface area contributed by atoms with Gasteiger partial charge in [-0.15, -0.1) is 0 Å². The van der Waals surface area contributed by atoms with Crippen molar-refractivity contribution in [2.75, 3.05) is 11.9 Å². The number of rotatable bonds is 4. The molecule has 3 unspecified atom stereocenters. The van der Waals surface area contributed by atoms with Gasteiger partial charge in [0, 0.05) is 6.54 Å². The number of hydrogen-bond donors (Lipinski definition) is 1. The first-order valence-corrected chi connectivity index (χ1v) is 7.03. The minimum Gasteiger partial charge on any atom is -0.472 e. The average Bonchev–Trinajstić information content (AvgIpc) is 2.38. The van der Waals surface area contributed by atoms with Gasteiger partial charge in [0.2, 0.25) is 11.8 Å². The van der Waals surface area contributed by atoms with E-state index in [0.717, 1.165) is 25.5 Å². The predicted molar refractivity (Wildman–Crippen MR) is 72.7 cm³/mol. The van der Waals surface area contributed by atoms with Crippen LogP contribution >= 0.6 is 0 Å². The SMILES string of the molecule is CCNc1ncc(F)c(OC2CCC(C)C(C)C2)n1. The second-order valence-electron chi connectivity index (χ2n) is 5.38. The Hall–Kier alpha value is -1.39. The molecule has 1 N–H and O–H groups in total. The van der Waals surface area contributed by atoms with Crippen molar-refractivity contribution in [2.45, 2.75) is 46.1 Å². The second kappa shape index (κ2) is 6.17. The average molecular weight is 267 g/mol. The van der Waals surface area contributed by atoms with Crippen LogP contribution < -0.4 is 10.1 Å². The molecule has 1 heterocycles. The molecule has 0 amide bonds. The molecule has 1 aromatic heterocycles. The predicted octanol–water partition coefficient (Wildman–Crippen LogP) is 3.25. The lowest BCUT2D eigenvalue weighted by molar-refractivity contribution is 0.0922. The second-order valence-corrected chi connectivity index (χ2v) is 5.38. The molecule has 5 heteroatoms. The van der Waals surface area contributed by atoms with E-state index < -0.39 is 5.82 Å². The Morgan fingerprint density at radius 1 is 1.37 bits per heavy atom. The first-order chi connectivity index (χ1) is 9.10. The van der Waals surface area contributed by atoms with Crippen LogP contribution in [0, 0.1) is 17.7 Å². The summed E-state index contributed by atoms with van der Waals surface area (Å²) in [7, 11) is 0. The maximum absolute atomic E-state index is 13.7. The molecule has 0 radical (unpaired) electrons. The molecular weight excluding hydrogens is 245 g/mol. The molecule has 0 saturated heterocycles. The molecule has 4 nitrogen and oxygen atoms in total. The van der Waals surface area contributed by atoms with Gasteiger partial charge in [-0.05, 0) is 38.0 Å². The van der Waals surface area contributed by atoms with E-state index in [1.54, 1.807) is 0 Å². The summed E-state index contributed by atoms with van der Waals surface area (Å²) in [4.78, 5) is 7.95. The zero-order chi connectivity index (χ0) is 13.8. The summed E-state index contributed by atoms with van der Waals surface area (Å²) in [6, 6.07) is 0. The summed E-state index contributed by atoms with van der Waals surface area (Å²) in [5, 5.41) is 2.96. The lowest BCUT2D eigenvalue weighted by Crippen LogP contribution is -2.29. The summed E-state index contributed by atoms with van der Waals surface area (Å²) in [5.41, 5.74) is 0. The van der Waals surface area contributed by atoms with Gasteiger partial charge < -0.3 is 10.1 Å². The third-order valence-electron chi connectivity index (χ3n) is 3.88. The topological polar surface area (TPSA) is 47.0 Å². The normalized spacial score (nSPS) is 27.1. The van der Waals surface area contributed by atoms with Crippen LogP contribution in [-0.2, 0) is 0 Å². The highest BCUT2D eigenvalue weighted by Gasteiger charge is 2.26. The van der Waals surface area contributed by atoms with Gasteiger partial charge in [0.25, 0.3) is 5.88 Å². The van der Waals surface area contributed by atoms with E-state index >= 15 is 0 Å². The van der Waals surface area contributed by atoms with Gasteiger partial charge in [0.05, 0.1) is 6.20 Å². The number of ether oxygens (including phenoxy) is 1. The van der Waals surface area contributed by atoms with Crippen molar-refractivity contribution in [3.63, 3.8) is 0 Å². The minimum atomic E-state index is -0.493. The summed E-state index contributed by atoms with van der Waals surface area (Å²) in [6.45, 7) is 7.12. The fourth-order valence-electron chi connectivity index (χ4n) is 2.44. The number of nitrogens with zero attached hydrogens (tertiary/aromatic N) is 2. The van der Waals surface area contributed by atoms with Gasteiger partial charge in [-0.2, -0.15) is 9.37 Å². The molecule has 106 valence electrons. The maximum Gasteiger partial charge on any atom is 0.255 e. The third kappa shape index (κ3) is 3.55. The third-order valence-corrected chi connectivity index (χ3v) is 3.88. The molecule has 0 bridgehead atoms. The van der Waals surface area contributed by atoms with Crippen LogP contribution in [0.3, 0.4) is 0 Å². The molecule has 1 aliphatic rings. The molecule has 0 aromatic carbocycles. The molecule has 1 fully saturated rings. The Bertz CT molecular complexity index is 427. The van der Waals surface area contributed by atoms with Crippen LogP contribution in [0.15, 0.2) is 6.20 Å². The molecule has 1 aliphatic carbocycles. The fraction of sp³-hybridized carbons (Fsp3) is 0.714. The number of nitrogens with one attached hydrogen (secondary N) is 1. The van der Waals surface area contributed by atoms with Gasteiger partial charge in [-0.3, -0.25) is 0 Å². The van der Waals surface area contributed by atoms with E-state index in [0.29, 0.717) is 24.3 Å². The van der Waals surface area contributed by atoms with Crippen LogP contribution in [0.1, 0.15) is 40.0 Å². The minimum absolute atomic E-state index is 0.0603. The number of anilines is 1. The lowest BCUT2D eigenvalue weighted by atomic mass is 9.80. The Balaban J connectivity index is 2.04. The van der Waals surface area contributed by atoms with E-state index in [4.69, 9.17) is 4.74 Å². The smallest absolute Gasteiger partial charge is 0.255 e.